The van der Waals surface area contributed by atoms with E-state index in [4.69, 9.17) is 11.6 Å². The molecule has 0 saturated heterocycles. The highest BCUT2D eigenvalue weighted by Gasteiger charge is 2.11. The molecule has 0 aliphatic heterocycles. The minimum atomic E-state index is -0.571. The molecule has 2 N–H and O–H groups in total. The van der Waals surface area contributed by atoms with Crippen molar-refractivity contribution in [2.45, 2.75) is 19.8 Å². The fourth-order valence-corrected chi connectivity index (χ4v) is 2.13. The second kappa shape index (κ2) is 7.74. The molecule has 2 aromatic rings. The van der Waals surface area contributed by atoms with Gasteiger partial charge in [0, 0.05) is 11.4 Å². The number of carbonyl (C=O) groups is 2. The molecule has 23 heavy (non-hydrogen) atoms. The van der Waals surface area contributed by atoms with Crippen LogP contribution in [0.25, 0.3) is 0 Å². The molecule has 0 unspecified atom stereocenters. The smallest absolute Gasteiger partial charge is 0.233 e. The van der Waals surface area contributed by atoms with E-state index in [1.165, 1.54) is 12.1 Å². The van der Waals surface area contributed by atoms with E-state index in [0.717, 1.165) is 18.1 Å². The lowest BCUT2D eigenvalue weighted by atomic mass is 10.1. The summed E-state index contributed by atoms with van der Waals surface area (Å²) in [7, 11) is 0. The van der Waals surface area contributed by atoms with Crippen LogP contribution in [0.1, 0.15) is 18.9 Å². The number of rotatable bonds is 5. The zero-order chi connectivity index (χ0) is 16.8. The van der Waals surface area contributed by atoms with E-state index in [1.54, 1.807) is 12.1 Å². The molecule has 0 heterocycles. The lowest BCUT2D eigenvalue weighted by Crippen LogP contribution is -2.21. The Hall–Kier alpha value is -2.40. The highest BCUT2D eigenvalue weighted by molar-refractivity contribution is 6.31. The lowest BCUT2D eigenvalue weighted by Gasteiger charge is -2.07. The minimum absolute atomic E-state index is 0.0942. The van der Waals surface area contributed by atoms with Crippen LogP contribution in [-0.2, 0) is 16.0 Å². The van der Waals surface area contributed by atoms with Crippen molar-refractivity contribution in [2.75, 3.05) is 10.6 Å². The predicted octanol–water partition coefficient (Wildman–Crippen LogP) is 4.01. The summed E-state index contributed by atoms with van der Waals surface area (Å²) in [4.78, 5) is 23.6. The average Bonchev–Trinajstić information content (AvgIpc) is 2.51. The Bertz CT molecular complexity index is 717. The van der Waals surface area contributed by atoms with Crippen molar-refractivity contribution >= 4 is 34.8 Å². The molecule has 120 valence electrons. The zero-order valence-electron chi connectivity index (χ0n) is 12.5. The summed E-state index contributed by atoms with van der Waals surface area (Å²) in [6.07, 6.45) is 0.571. The van der Waals surface area contributed by atoms with Crippen molar-refractivity contribution in [3.05, 3.63) is 58.9 Å². The van der Waals surface area contributed by atoms with Crippen molar-refractivity contribution in [1.29, 1.82) is 0 Å². The number of halogens is 2. The Kier molecular flexibility index (Phi) is 5.71. The highest BCUT2D eigenvalue weighted by atomic mass is 35.5. The first-order valence-electron chi connectivity index (χ1n) is 7.11. The zero-order valence-corrected chi connectivity index (χ0v) is 13.3. The van der Waals surface area contributed by atoms with Crippen molar-refractivity contribution < 1.29 is 14.0 Å². The maximum Gasteiger partial charge on any atom is 0.233 e. The molecule has 0 aliphatic carbocycles. The van der Waals surface area contributed by atoms with Crippen molar-refractivity contribution in [3.8, 4) is 0 Å². The van der Waals surface area contributed by atoms with E-state index < -0.39 is 17.6 Å². The number of amides is 2. The number of hydrogen-bond donors (Lipinski definition) is 2. The van der Waals surface area contributed by atoms with Gasteiger partial charge in [0.15, 0.2) is 0 Å². The van der Waals surface area contributed by atoms with Crippen LogP contribution in [0.5, 0.6) is 0 Å². The van der Waals surface area contributed by atoms with Crippen molar-refractivity contribution in [1.82, 2.24) is 0 Å². The second-order valence-corrected chi connectivity index (χ2v) is 5.36. The molecule has 2 amide bonds. The van der Waals surface area contributed by atoms with Gasteiger partial charge in [-0.2, -0.15) is 0 Å². The summed E-state index contributed by atoms with van der Waals surface area (Å²) >= 11 is 5.63. The van der Waals surface area contributed by atoms with Gasteiger partial charge < -0.3 is 10.6 Å². The molecule has 2 rings (SSSR count). The molecule has 0 saturated carbocycles. The first kappa shape index (κ1) is 17.0. The van der Waals surface area contributed by atoms with E-state index in [-0.39, 0.29) is 11.4 Å². The molecule has 2 aromatic carbocycles. The van der Waals surface area contributed by atoms with Gasteiger partial charge in [-0.15, -0.1) is 0 Å². The predicted molar refractivity (Wildman–Crippen MR) is 89.1 cm³/mol. The fraction of sp³-hybridized carbons (Fsp3) is 0.176. The van der Waals surface area contributed by atoms with Gasteiger partial charge in [0.1, 0.15) is 12.2 Å². The first-order chi connectivity index (χ1) is 11.0. The Morgan fingerprint density at radius 2 is 1.57 bits per heavy atom. The molecular formula is C17H16ClFN2O2. The van der Waals surface area contributed by atoms with E-state index in [2.05, 4.69) is 10.6 Å². The van der Waals surface area contributed by atoms with Crippen LogP contribution in [0, 0.1) is 5.82 Å². The molecule has 0 atom stereocenters. The number of anilines is 2. The van der Waals surface area contributed by atoms with Gasteiger partial charge in [0.05, 0.1) is 5.02 Å². The summed E-state index contributed by atoms with van der Waals surface area (Å²) in [6, 6.07) is 11.2. The lowest BCUT2D eigenvalue weighted by molar-refractivity contribution is -0.123. The van der Waals surface area contributed by atoms with E-state index in [1.807, 2.05) is 19.1 Å². The third kappa shape index (κ3) is 5.07. The first-order valence-corrected chi connectivity index (χ1v) is 7.49. The molecule has 0 radical (unpaired) electrons. The topological polar surface area (TPSA) is 58.2 Å². The van der Waals surface area contributed by atoms with Crippen LogP contribution < -0.4 is 10.6 Å². The van der Waals surface area contributed by atoms with Gasteiger partial charge in [-0.25, -0.2) is 4.39 Å². The summed E-state index contributed by atoms with van der Waals surface area (Å²) in [5, 5.41) is 5.04. The van der Waals surface area contributed by atoms with Gasteiger partial charge in [-0.3, -0.25) is 9.59 Å². The van der Waals surface area contributed by atoms with Gasteiger partial charge in [0.2, 0.25) is 11.8 Å². The Morgan fingerprint density at radius 3 is 2.13 bits per heavy atom. The van der Waals surface area contributed by atoms with Gasteiger partial charge >= 0.3 is 0 Å². The Balaban J connectivity index is 1.88. The van der Waals surface area contributed by atoms with Gasteiger partial charge in [-0.05, 0) is 42.3 Å². The quantitative estimate of drug-likeness (QED) is 0.812. The van der Waals surface area contributed by atoms with Crippen LogP contribution in [0.2, 0.25) is 5.02 Å². The van der Waals surface area contributed by atoms with Gasteiger partial charge in [-0.1, -0.05) is 30.7 Å². The number of hydrogen-bond acceptors (Lipinski definition) is 2. The summed E-state index contributed by atoms with van der Waals surface area (Å²) in [5.41, 5.74) is 2.13. The summed E-state index contributed by atoms with van der Waals surface area (Å²) in [6.45, 7) is 2.04. The second-order valence-electron chi connectivity index (χ2n) is 4.95. The third-order valence-electron chi connectivity index (χ3n) is 3.17. The molecule has 4 nitrogen and oxygen atoms in total. The van der Waals surface area contributed by atoms with Gasteiger partial charge in [0.25, 0.3) is 0 Å². The summed E-state index contributed by atoms with van der Waals surface area (Å²) in [5.74, 6) is -1.51. The molecule has 0 fully saturated rings. The number of benzene rings is 2. The third-order valence-corrected chi connectivity index (χ3v) is 3.46. The van der Waals surface area contributed by atoms with E-state index >= 15 is 0 Å². The average molecular weight is 335 g/mol. The molecule has 0 bridgehead atoms. The number of carbonyl (C=O) groups excluding carboxylic acids is 2. The normalized spacial score (nSPS) is 10.2. The van der Waals surface area contributed by atoms with E-state index in [9.17, 15) is 14.0 Å². The Morgan fingerprint density at radius 1 is 1.00 bits per heavy atom. The van der Waals surface area contributed by atoms with Crippen LogP contribution in [0.15, 0.2) is 42.5 Å². The standard InChI is InChI=1S/C17H16ClFN2O2/c1-2-11-3-5-12(6-4-11)20-16(22)10-17(23)21-13-7-8-15(19)14(18)9-13/h3-9H,2,10H2,1H3,(H,20,22)(H,21,23). The van der Waals surface area contributed by atoms with Crippen molar-refractivity contribution in [3.63, 3.8) is 0 Å². The minimum Gasteiger partial charge on any atom is -0.326 e. The molecule has 0 aromatic heterocycles. The van der Waals surface area contributed by atoms with E-state index in [0.29, 0.717) is 11.4 Å². The van der Waals surface area contributed by atoms with Crippen molar-refractivity contribution in [2.24, 2.45) is 0 Å². The molecule has 0 aliphatic rings. The molecular weight excluding hydrogens is 319 g/mol. The number of nitrogens with one attached hydrogen (secondary N) is 2. The monoisotopic (exact) mass is 334 g/mol. The maximum absolute atomic E-state index is 13.0. The van der Waals surface area contributed by atoms with Crippen LogP contribution >= 0.6 is 11.6 Å². The van der Waals surface area contributed by atoms with Crippen LogP contribution in [0.4, 0.5) is 15.8 Å². The largest absolute Gasteiger partial charge is 0.326 e. The Labute approximate surface area is 138 Å². The maximum atomic E-state index is 13.0. The highest BCUT2D eigenvalue weighted by Crippen LogP contribution is 2.19. The fourth-order valence-electron chi connectivity index (χ4n) is 1.95. The summed E-state index contributed by atoms with van der Waals surface area (Å²) < 4.78 is 13.0. The molecule has 0 spiro atoms. The van der Waals surface area contributed by atoms with Crippen LogP contribution in [0.3, 0.4) is 0 Å². The SMILES string of the molecule is CCc1ccc(NC(=O)CC(=O)Nc2ccc(F)c(Cl)c2)cc1. The number of aryl methyl sites for hydroxylation is 1. The molecule has 6 heteroatoms. The van der Waals surface area contributed by atoms with Crippen LogP contribution in [-0.4, -0.2) is 11.8 Å².